The van der Waals surface area contributed by atoms with Crippen molar-refractivity contribution in [3.05, 3.63) is 0 Å². The first-order valence-corrected chi connectivity index (χ1v) is 7.43. The quantitative estimate of drug-likeness (QED) is 0.805. The standard InChI is InChI=1S/C15H29NO3/c1-5-16(11-15(3,4)18)14(17)10-19-13-8-6-7-12(2)9-13/h12-13,18H,5-11H2,1-4H3. The lowest BCUT2D eigenvalue weighted by atomic mass is 9.89. The molecule has 0 bridgehead atoms. The van der Waals surface area contributed by atoms with Crippen molar-refractivity contribution in [2.24, 2.45) is 5.92 Å². The third-order valence-electron chi connectivity index (χ3n) is 3.64. The van der Waals surface area contributed by atoms with Crippen molar-refractivity contribution in [3.63, 3.8) is 0 Å². The van der Waals surface area contributed by atoms with Gasteiger partial charge in [-0.15, -0.1) is 0 Å². The molecule has 1 rings (SSSR count). The summed E-state index contributed by atoms with van der Waals surface area (Å²) < 4.78 is 5.74. The van der Waals surface area contributed by atoms with Gasteiger partial charge in [0.05, 0.1) is 11.7 Å². The van der Waals surface area contributed by atoms with Crippen molar-refractivity contribution in [3.8, 4) is 0 Å². The van der Waals surface area contributed by atoms with E-state index in [0.717, 1.165) is 12.8 Å². The number of hydrogen-bond donors (Lipinski definition) is 1. The maximum Gasteiger partial charge on any atom is 0.248 e. The molecule has 0 saturated heterocycles. The Morgan fingerprint density at radius 1 is 1.42 bits per heavy atom. The smallest absolute Gasteiger partial charge is 0.248 e. The topological polar surface area (TPSA) is 49.8 Å². The fraction of sp³-hybridized carbons (Fsp3) is 0.933. The molecule has 0 radical (unpaired) electrons. The molecule has 4 heteroatoms. The lowest BCUT2D eigenvalue weighted by Crippen LogP contribution is -2.44. The first-order chi connectivity index (χ1) is 8.81. The van der Waals surface area contributed by atoms with Crippen LogP contribution < -0.4 is 0 Å². The predicted molar refractivity (Wildman–Crippen MR) is 75.9 cm³/mol. The van der Waals surface area contributed by atoms with Gasteiger partial charge in [0.1, 0.15) is 6.61 Å². The van der Waals surface area contributed by atoms with Gasteiger partial charge >= 0.3 is 0 Å². The molecule has 2 unspecified atom stereocenters. The van der Waals surface area contributed by atoms with Gasteiger partial charge in [0.2, 0.25) is 5.91 Å². The van der Waals surface area contributed by atoms with E-state index in [1.807, 2.05) is 6.92 Å². The first-order valence-electron chi connectivity index (χ1n) is 7.43. The van der Waals surface area contributed by atoms with E-state index in [1.54, 1.807) is 18.7 Å². The highest BCUT2D eigenvalue weighted by Crippen LogP contribution is 2.25. The molecule has 0 aromatic carbocycles. The summed E-state index contributed by atoms with van der Waals surface area (Å²) in [5.41, 5.74) is -0.856. The Balaban J connectivity index is 2.36. The lowest BCUT2D eigenvalue weighted by Gasteiger charge is -2.30. The van der Waals surface area contributed by atoms with Gasteiger partial charge in [-0.3, -0.25) is 4.79 Å². The second-order valence-electron chi connectivity index (χ2n) is 6.43. The molecule has 0 aromatic heterocycles. The van der Waals surface area contributed by atoms with Crippen LogP contribution in [0.1, 0.15) is 53.4 Å². The van der Waals surface area contributed by atoms with E-state index >= 15 is 0 Å². The fourth-order valence-electron chi connectivity index (χ4n) is 2.65. The highest BCUT2D eigenvalue weighted by Gasteiger charge is 2.24. The maximum atomic E-state index is 12.1. The third kappa shape index (κ3) is 6.39. The minimum Gasteiger partial charge on any atom is -0.389 e. The molecule has 4 nitrogen and oxygen atoms in total. The average Bonchev–Trinajstić information content (AvgIpc) is 2.32. The summed E-state index contributed by atoms with van der Waals surface area (Å²) >= 11 is 0. The summed E-state index contributed by atoms with van der Waals surface area (Å²) in [5, 5.41) is 9.79. The molecule has 0 heterocycles. The SMILES string of the molecule is CCN(CC(C)(C)O)C(=O)COC1CCCC(C)C1. The van der Waals surface area contributed by atoms with E-state index < -0.39 is 5.60 Å². The predicted octanol–water partition coefficient (Wildman–Crippen LogP) is 2.20. The average molecular weight is 271 g/mol. The van der Waals surface area contributed by atoms with Gasteiger partial charge in [-0.25, -0.2) is 0 Å². The van der Waals surface area contributed by atoms with Gasteiger partial charge in [0.25, 0.3) is 0 Å². The molecule has 0 aromatic rings. The number of amides is 1. The molecule has 1 aliphatic rings. The van der Waals surface area contributed by atoms with Gasteiger partial charge in [-0.2, -0.15) is 0 Å². The van der Waals surface area contributed by atoms with E-state index in [4.69, 9.17) is 4.74 Å². The van der Waals surface area contributed by atoms with Crippen molar-refractivity contribution in [1.82, 2.24) is 4.90 Å². The zero-order chi connectivity index (χ0) is 14.5. The Morgan fingerprint density at radius 3 is 2.63 bits per heavy atom. The maximum absolute atomic E-state index is 12.1. The summed E-state index contributed by atoms with van der Waals surface area (Å²) in [5.74, 6) is 0.676. The van der Waals surface area contributed by atoms with Crippen molar-refractivity contribution in [2.45, 2.75) is 65.1 Å². The normalized spacial score (nSPS) is 24.3. The minimum atomic E-state index is -0.856. The summed E-state index contributed by atoms with van der Waals surface area (Å²) in [4.78, 5) is 13.7. The van der Waals surface area contributed by atoms with Crippen molar-refractivity contribution in [2.75, 3.05) is 19.7 Å². The molecule has 1 saturated carbocycles. The van der Waals surface area contributed by atoms with Crippen LogP contribution in [-0.4, -0.2) is 47.3 Å². The number of carbonyl (C=O) groups excluding carboxylic acids is 1. The second-order valence-corrected chi connectivity index (χ2v) is 6.43. The summed E-state index contributed by atoms with van der Waals surface area (Å²) in [7, 11) is 0. The van der Waals surface area contributed by atoms with E-state index in [1.165, 1.54) is 12.8 Å². The van der Waals surface area contributed by atoms with Crippen LogP contribution in [0.25, 0.3) is 0 Å². The molecule has 112 valence electrons. The monoisotopic (exact) mass is 271 g/mol. The Kier molecular flexibility index (Phi) is 6.27. The van der Waals surface area contributed by atoms with Crippen LogP contribution >= 0.6 is 0 Å². The van der Waals surface area contributed by atoms with Gasteiger partial charge in [-0.05, 0) is 39.5 Å². The molecule has 0 aliphatic heterocycles. The van der Waals surface area contributed by atoms with E-state index in [0.29, 0.717) is 19.0 Å². The zero-order valence-electron chi connectivity index (χ0n) is 12.8. The highest BCUT2D eigenvalue weighted by atomic mass is 16.5. The number of likely N-dealkylation sites (N-methyl/N-ethyl adjacent to an activating group) is 1. The number of ether oxygens (including phenoxy) is 1. The Labute approximate surface area is 117 Å². The molecular weight excluding hydrogens is 242 g/mol. The van der Waals surface area contributed by atoms with Crippen LogP contribution in [0.15, 0.2) is 0 Å². The largest absolute Gasteiger partial charge is 0.389 e. The van der Waals surface area contributed by atoms with Crippen LogP contribution in [0.3, 0.4) is 0 Å². The fourth-order valence-corrected chi connectivity index (χ4v) is 2.65. The Hall–Kier alpha value is -0.610. The molecule has 1 aliphatic carbocycles. The number of rotatable bonds is 6. The molecular formula is C15H29NO3. The van der Waals surface area contributed by atoms with Gasteiger partial charge in [0.15, 0.2) is 0 Å². The van der Waals surface area contributed by atoms with Crippen LogP contribution in [0.4, 0.5) is 0 Å². The van der Waals surface area contributed by atoms with Crippen molar-refractivity contribution >= 4 is 5.91 Å². The number of aliphatic hydroxyl groups is 1. The van der Waals surface area contributed by atoms with Crippen LogP contribution in [0, 0.1) is 5.92 Å². The van der Waals surface area contributed by atoms with Gasteiger partial charge in [-0.1, -0.05) is 19.8 Å². The molecule has 1 N–H and O–H groups in total. The van der Waals surface area contributed by atoms with Crippen molar-refractivity contribution in [1.29, 1.82) is 0 Å². The molecule has 19 heavy (non-hydrogen) atoms. The lowest BCUT2D eigenvalue weighted by molar-refractivity contribution is -0.141. The summed E-state index contributed by atoms with van der Waals surface area (Å²) in [6.07, 6.45) is 4.82. The van der Waals surface area contributed by atoms with E-state index in [2.05, 4.69) is 6.92 Å². The van der Waals surface area contributed by atoms with Crippen LogP contribution in [-0.2, 0) is 9.53 Å². The summed E-state index contributed by atoms with van der Waals surface area (Å²) in [6, 6.07) is 0. The second kappa shape index (κ2) is 7.25. The highest BCUT2D eigenvalue weighted by molar-refractivity contribution is 5.77. The Bertz CT molecular complexity index is 286. The van der Waals surface area contributed by atoms with Crippen molar-refractivity contribution < 1.29 is 14.6 Å². The molecule has 2 atom stereocenters. The first kappa shape index (κ1) is 16.4. The van der Waals surface area contributed by atoms with Crippen LogP contribution in [0.5, 0.6) is 0 Å². The van der Waals surface area contributed by atoms with Crippen LogP contribution in [0.2, 0.25) is 0 Å². The molecule has 0 spiro atoms. The molecule has 1 amide bonds. The third-order valence-corrected chi connectivity index (χ3v) is 3.64. The van der Waals surface area contributed by atoms with Gasteiger partial charge in [0, 0.05) is 13.1 Å². The number of nitrogens with zero attached hydrogens (tertiary/aromatic N) is 1. The Morgan fingerprint density at radius 2 is 2.11 bits per heavy atom. The minimum absolute atomic E-state index is 0.0251. The zero-order valence-corrected chi connectivity index (χ0v) is 12.8. The van der Waals surface area contributed by atoms with E-state index in [-0.39, 0.29) is 18.6 Å². The van der Waals surface area contributed by atoms with E-state index in [9.17, 15) is 9.90 Å². The molecule has 1 fully saturated rings. The number of carbonyl (C=O) groups is 1. The van der Waals surface area contributed by atoms with Gasteiger partial charge < -0.3 is 14.7 Å². The summed E-state index contributed by atoms with van der Waals surface area (Å²) in [6.45, 7) is 8.69. The number of hydrogen-bond acceptors (Lipinski definition) is 3.